The maximum atomic E-state index is 13.5. The highest BCUT2D eigenvalue weighted by Gasteiger charge is 2.17. The summed E-state index contributed by atoms with van der Waals surface area (Å²) >= 11 is 0. The highest BCUT2D eigenvalue weighted by atomic mass is 19.1. The van der Waals surface area contributed by atoms with Crippen molar-refractivity contribution in [2.75, 3.05) is 17.7 Å². The van der Waals surface area contributed by atoms with Gasteiger partial charge < -0.3 is 21.3 Å². The first-order chi connectivity index (χ1) is 8.36. The lowest BCUT2D eigenvalue weighted by Crippen LogP contribution is -2.30. The van der Waals surface area contributed by atoms with Crippen LogP contribution in [0.4, 0.5) is 15.8 Å². The van der Waals surface area contributed by atoms with Crippen molar-refractivity contribution in [1.29, 1.82) is 0 Å². The van der Waals surface area contributed by atoms with E-state index in [4.69, 9.17) is 15.9 Å². The largest absolute Gasteiger partial charge is 0.478 e. The van der Waals surface area contributed by atoms with Crippen LogP contribution in [-0.4, -0.2) is 28.8 Å². The third kappa shape index (κ3) is 3.10. The Hall–Kier alpha value is -1.82. The van der Waals surface area contributed by atoms with Gasteiger partial charge in [0.15, 0.2) is 0 Å². The SMILES string of the molecule is CC(C)C(CO)Nc1cc(F)c(C(=O)O)cc1N. The quantitative estimate of drug-likeness (QED) is 0.599. The van der Waals surface area contributed by atoms with E-state index in [0.717, 1.165) is 12.1 Å². The van der Waals surface area contributed by atoms with Gasteiger partial charge in [-0.3, -0.25) is 0 Å². The van der Waals surface area contributed by atoms with Crippen LogP contribution in [0, 0.1) is 11.7 Å². The van der Waals surface area contributed by atoms with Crippen molar-refractivity contribution in [3.8, 4) is 0 Å². The van der Waals surface area contributed by atoms with E-state index < -0.39 is 17.3 Å². The molecule has 0 amide bonds. The highest BCUT2D eigenvalue weighted by Crippen LogP contribution is 2.24. The second-order valence-corrected chi connectivity index (χ2v) is 4.40. The van der Waals surface area contributed by atoms with Crippen LogP contribution in [0.5, 0.6) is 0 Å². The fourth-order valence-corrected chi connectivity index (χ4v) is 1.50. The highest BCUT2D eigenvalue weighted by molar-refractivity contribution is 5.90. The number of aromatic carboxylic acids is 1. The lowest BCUT2D eigenvalue weighted by molar-refractivity contribution is 0.0692. The number of nitrogen functional groups attached to an aromatic ring is 1. The van der Waals surface area contributed by atoms with Crippen molar-refractivity contribution >= 4 is 17.3 Å². The number of anilines is 2. The second kappa shape index (κ2) is 5.68. The van der Waals surface area contributed by atoms with Gasteiger partial charge in [-0.25, -0.2) is 9.18 Å². The molecule has 1 aromatic rings. The maximum absolute atomic E-state index is 13.5. The Bertz CT molecular complexity index is 449. The van der Waals surface area contributed by atoms with Crippen LogP contribution in [0.25, 0.3) is 0 Å². The van der Waals surface area contributed by atoms with Gasteiger partial charge in [0.25, 0.3) is 0 Å². The Morgan fingerprint density at radius 3 is 2.56 bits per heavy atom. The van der Waals surface area contributed by atoms with E-state index in [2.05, 4.69) is 5.32 Å². The van der Waals surface area contributed by atoms with Crippen molar-refractivity contribution in [1.82, 2.24) is 0 Å². The molecule has 0 spiro atoms. The molecular weight excluding hydrogens is 239 g/mol. The van der Waals surface area contributed by atoms with Crippen molar-refractivity contribution in [2.24, 2.45) is 5.92 Å². The number of aliphatic hydroxyl groups excluding tert-OH is 1. The fourth-order valence-electron chi connectivity index (χ4n) is 1.50. The van der Waals surface area contributed by atoms with Gasteiger partial charge in [0.05, 0.1) is 29.6 Å². The number of carboxylic acids is 1. The summed E-state index contributed by atoms with van der Waals surface area (Å²) in [6, 6.07) is 1.82. The normalized spacial score (nSPS) is 12.5. The van der Waals surface area contributed by atoms with Gasteiger partial charge >= 0.3 is 5.97 Å². The molecule has 18 heavy (non-hydrogen) atoms. The summed E-state index contributed by atoms with van der Waals surface area (Å²) in [7, 11) is 0. The summed E-state index contributed by atoms with van der Waals surface area (Å²) in [5, 5.41) is 20.8. The number of nitrogens with two attached hydrogens (primary N) is 1. The molecule has 0 bridgehead atoms. The molecule has 0 saturated carbocycles. The molecule has 0 fully saturated rings. The number of carbonyl (C=O) groups is 1. The first-order valence-corrected chi connectivity index (χ1v) is 5.56. The molecule has 1 unspecified atom stereocenters. The molecule has 5 N–H and O–H groups in total. The van der Waals surface area contributed by atoms with Crippen LogP contribution in [-0.2, 0) is 0 Å². The van der Waals surface area contributed by atoms with Gasteiger partial charge in [0, 0.05) is 0 Å². The second-order valence-electron chi connectivity index (χ2n) is 4.40. The first-order valence-electron chi connectivity index (χ1n) is 5.56. The fraction of sp³-hybridized carbons (Fsp3) is 0.417. The Labute approximate surface area is 104 Å². The number of halogens is 1. The number of rotatable bonds is 5. The number of carboxylic acid groups (broad SMARTS) is 1. The summed E-state index contributed by atoms with van der Waals surface area (Å²) in [5.41, 5.74) is 5.60. The predicted octanol–water partition coefficient (Wildman–Crippen LogP) is 1.53. The third-order valence-electron chi connectivity index (χ3n) is 2.71. The third-order valence-corrected chi connectivity index (χ3v) is 2.71. The topological polar surface area (TPSA) is 95.6 Å². The number of hydrogen-bond acceptors (Lipinski definition) is 4. The van der Waals surface area contributed by atoms with E-state index in [1.54, 1.807) is 0 Å². The molecule has 0 aliphatic heterocycles. The Morgan fingerprint density at radius 2 is 2.11 bits per heavy atom. The molecule has 1 atom stereocenters. The zero-order valence-corrected chi connectivity index (χ0v) is 10.3. The Morgan fingerprint density at radius 1 is 1.50 bits per heavy atom. The minimum Gasteiger partial charge on any atom is -0.478 e. The molecule has 1 aromatic carbocycles. The standard InChI is InChI=1S/C12H17FN2O3/c1-6(2)11(5-16)15-10-4-8(13)7(12(17)18)3-9(10)14/h3-4,6,11,15-16H,5,14H2,1-2H3,(H,17,18). The lowest BCUT2D eigenvalue weighted by Gasteiger charge is -2.22. The van der Waals surface area contributed by atoms with Crippen LogP contribution in [0.15, 0.2) is 12.1 Å². The van der Waals surface area contributed by atoms with Gasteiger partial charge in [-0.05, 0) is 18.1 Å². The number of benzene rings is 1. The molecule has 0 aliphatic carbocycles. The molecule has 6 heteroatoms. The molecule has 0 aliphatic rings. The zero-order chi connectivity index (χ0) is 13.9. The Kier molecular flexibility index (Phi) is 4.49. The summed E-state index contributed by atoms with van der Waals surface area (Å²) < 4.78 is 13.5. The van der Waals surface area contributed by atoms with E-state index in [9.17, 15) is 9.18 Å². The average molecular weight is 256 g/mol. The molecule has 0 heterocycles. The molecule has 0 saturated heterocycles. The minimum absolute atomic E-state index is 0.122. The van der Waals surface area contributed by atoms with Crippen LogP contribution in [0.2, 0.25) is 0 Å². The predicted molar refractivity (Wildman–Crippen MR) is 67.1 cm³/mol. The molecule has 0 radical (unpaired) electrons. The zero-order valence-electron chi connectivity index (χ0n) is 10.3. The molecular formula is C12H17FN2O3. The van der Waals surface area contributed by atoms with E-state index in [1.165, 1.54) is 0 Å². The van der Waals surface area contributed by atoms with E-state index in [-0.39, 0.29) is 29.9 Å². The average Bonchev–Trinajstić information content (AvgIpc) is 2.28. The van der Waals surface area contributed by atoms with Gasteiger partial charge in [0.1, 0.15) is 5.82 Å². The molecule has 5 nitrogen and oxygen atoms in total. The van der Waals surface area contributed by atoms with Gasteiger partial charge in [-0.15, -0.1) is 0 Å². The van der Waals surface area contributed by atoms with Crippen molar-refractivity contribution in [3.63, 3.8) is 0 Å². The molecule has 0 aromatic heterocycles. The van der Waals surface area contributed by atoms with Crippen LogP contribution in [0.3, 0.4) is 0 Å². The summed E-state index contributed by atoms with van der Waals surface area (Å²) in [6.07, 6.45) is 0. The van der Waals surface area contributed by atoms with Gasteiger partial charge in [-0.2, -0.15) is 0 Å². The van der Waals surface area contributed by atoms with Crippen molar-refractivity contribution in [3.05, 3.63) is 23.5 Å². The summed E-state index contributed by atoms with van der Waals surface area (Å²) in [4.78, 5) is 10.7. The Balaban J connectivity index is 3.04. The van der Waals surface area contributed by atoms with Crippen molar-refractivity contribution < 1.29 is 19.4 Å². The lowest BCUT2D eigenvalue weighted by atomic mass is 10.0. The van der Waals surface area contributed by atoms with Crippen LogP contribution in [0.1, 0.15) is 24.2 Å². The number of nitrogens with one attached hydrogen (secondary N) is 1. The van der Waals surface area contributed by atoms with Gasteiger partial charge in [0.2, 0.25) is 0 Å². The smallest absolute Gasteiger partial charge is 0.338 e. The first kappa shape index (κ1) is 14.2. The van der Waals surface area contributed by atoms with E-state index >= 15 is 0 Å². The van der Waals surface area contributed by atoms with Crippen LogP contribution < -0.4 is 11.1 Å². The van der Waals surface area contributed by atoms with Gasteiger partial charge in [-0.1, -0.05) is 13.8 Å². The summed E-state index contributed by atoms with van der Waals surface area (Å²) in [5.74, 6) is -2.11. The number of aliphatic hydroxyl groups is 1. The van der Waals surface area contributed by atoms with E-state index in [0.29, 0.717) is 0 Å². The summed E-state index contributed by atoms with van der Waals surface area (Å²) in [6.45, 7) is 3.66. The number of hydrogen-bond donors (Lipinski definition) is 4. The molecule has 1 rings (SSSR count). The van der Waals surface area contributed by atoms with Crippen LogP contribution >= 0.6 is 0 Å². The monoisotopic (exact) mass is 256 g/mol. The van der Waals surface area contributed by atoms with Crippen molar-refractivity contribution in [2.45, 2.75) is 19.9 Å². The molecule has 100 valence electrons. The minimum atomic E-state index is -1.37. The van der Waals surface area contributed by atoms with E-state index in [1.807, 2.05) is 13.8 Å². The maximum Gasteiger partial charge on any atom is 0.338 e.